The molecule has 5 nitrogen and oxygen atoms in total. The Labute approximate surface area is 168 Å². The van der Waals surface area contributed by atoms with Crippen molar-refractivity contribution < 1.29 is 22.8 Å². The van der Waals surface area contributed by atoms with Gasteiger partial charge in [0, 0.05) is 11.1 Å². The van der Waals surface area contributed by atoms with E-state index < -0.39 is 28.8 Å². The zero-order valence-electron chi connectivity index (χ0n) is 16.9. The van der Waals surface area contributed by atoms with Gasteiger partial charge in [0.1, 0.15) is 17.9 Å². The van der Waals surface area contributed by atoms with Crippen LogP contribution in [0, 0.1) is 0 Å². The van der Waals surface area contributed by atoms with Crippen molar-refractivity contribution in [2.45, 2.75) is 70.3 Å². The number of benzene rings is 1. The van der Waals surface area contributed by atoms with Crippen LogP contribution in [0.25, 0.3) is 0 Å². The van der Waals surface area contributed by atoms with Crippen molar-refractivity contribution in [1.82, 2.24) is 10.2 Å². The van der Waals surface area contributed by atoms with E-state index in [1.807, 2.05) is 20.8 Å². The average Bonchev–Trinajstić information content (AvgIpc) is 2.86. The van der Waals surface area contributed by atoms with Gasteiger partial charge in [-0.1, -0.05) is 18.6 Å². The number of hydrogen-bond acceptors (Lipinski definition) is 3. The fourth-order valence-electron chi connectivity index (χ4n) is 3.96. The molecule has 1 fully saturated rings. The quantitative estimate of drug-likeness (QED) is 0.823. The first-order chi connectivity index (χ1) is 13.4. The highest BCUT2D eigenvalue weighted by Crippen LogP contribution is 2.39. The summed E-state index contributed by atoms with van der Waals surface area (Å²) in [6.45, 7) is 5.45. The summed E-state index contributed by atoms with van der Waals surface area (Å²) in [5.74, 6) is -0.685. The lowest BCUT2D eigenvalue weighted by Crippen LogP contribution is -2.54. The van der Waals surface area contributed by atoms with Crippen LogP contribution in [0.3, 0.4) is 0 Å². The molecule has 29 heavy (non-hydrogen) atoms. The van der Waals surface area contributed by atoms with Crippen LogP contribution in [0.1, 0.15) is 64.0 Å². The number of rotatable bonds is 3. The number of hydrogen-bond donors (Lipinski definition) is 1. The van der Waals surface area contributed by atoms with Gasteiger partial charge in [0.25, 0.3) is 5.91 Å². The minimum atomic E-state index is -4.44. The van der Waals surface area contributed by atoms with E-state index in [1.165, 1.54) is 17.0 Å². The number of halogens is 3. The topological polar surface area (TPSA) is 61.8 Å². The molecule has 1 N–H and O–H groups in total. The highest BCUT2D eigenvalue weighted by atomic mass is 19.4. The summed E-state index contributed by atoms with van der Waals surface area (Å²) in [5, 5.41) is 2.86. The lowest BCUT2D eigenvalue weighted by Gasteiger charge is -2.39. The van der Waals surface area contributed by atoms with Crippen molar-refractivity contribution in [3.63, 3.8) is 0 Å². The third-order valence-electron chi connectivity index (χ3n) is 5.23. The molecule has 8 heteroatoms. The van der Waals surface area contributed by atoms with Crippen molar-refractivity contribution in [1.29, 1.82) is 0 Å². The number of alkyl halides is 3. The van der Waals surface area contributed by atoms with Crippen molar-refractivity contribution in [2.75, 3.05) is 6.54 Å². The molecule has 0 bridgehead atoms. The van der Waals surface area contributed by atoms with Crippen LogP contribution in [0.2, 0.25) is 0 Å². The van der Waals surface area contributed by atoms with Gasteiger partial charge in [-0.05, 0) is 58.6 Å². The van der Waals surface area contributed by atoms with Crippen LogP contribution in [0.4, 0.5) is 13.2 Å². The van der Waals surface area contributed by atoms with E-state index in [0.29, 0.717) is 18.4 Å². The summed E-state index contributed by atoms with van der Waals surface area (Å²) in [6, 6.07) is 4.45. The minimum Gasteiger partial charge on any atom is -0.350 e. The minimum absolute atomic E-state index is 0.121. The third-order valence-corrected chi connectivity index (χ3v) is 5.23. The molecule has 1 saturated carbocycles. The van der Waals surface area contributed by atoms with Gasteiger partial charge in [0.15, 0.2) is 0 Å². The molecule has 1 heterocycles. The first kappa shape index (κ1) is 21.3. The Balaban J connectivity index is 1.90. The molecule has 1 aliphatic heterocycles. The molecule has 0 aromatic heterocycles. The summed E-state index contributed by atoms with van der Waals surface area (Å²) in [5.41, 5.74) is -1.53. The van der Waals surface area contributed by atoms with Crippen LogP contribution >= 0.6 is 0 Å². The molecule has 158 valence electrons. The zero-order chi connectivity index (χ0) is 21.4. The fourth-order valence-corrected chi connectivity index (χ4v) is 3.96. The van der Waals surface area contributed by atoms with E-state index in [9.17, 15) is 22.8 Å². The first-order valence-electron chi connectivity index (χ1n) is 9.82. The molecule has 3 rings (SSSR count). The smallest absolute Gasteiger partial charge is 0.350 e. The molecule has 2 amide bonds. The predicted octanol–water partition coefficient (Wildman–Crippen LogP) is 3.91. The second-order valence-electron chi connectivity index (χ2n) is 8.77. The van der Waals surface area contributed by atoms with Crippen molar-refractivity contribution in [3.8, 4) is 0 Å². The Hall–Kier alpha value is -2.38. The maximum atomic E-state index is 13.2. The lowest BCUT2D eigenvalue weighted by molar-refractivity contribution is -0.137. The van der Waals surface area contributed by atoms with Crippen molar-refractivity contribution >= 4 is 17.5 Å². The summed E-state index contributed by atoms with van der Waals surface area (Å²) < 4.78 is 38.6. The molecule has 0 atom stereocenters. The highest BCUT2D eigenvalue weighted by molar-refractivity contribution is 6.47. The monoisotopic (exact) mass is 409 g/mol. The average molecular weight is 409 g/mol. The maximum Gasteiger partial charge on any atom is 0.416 e. The number of carbonyl (C=O) groups excluding carboxylic acids is 2. The van der Waals surface area contributed by atoms with Crippen LogP contribution in [-0.4, -0.2) is 40.2 Å². The molecule has 0 saturated heterocycles. The van der Waals surface area contributed by atoms with Crippen LogP contribution in [-0.2, 0) is 15.8 Å². The number of carbonyl (C=O) groups is 2. The predicted molar refractivity (Wildman–Crippen MR) is 103 cm³/mol. The Morgan fingerprint density at radius 2 is 1.69 bits per heavy atom. The van der Waals surface area contributed by atoms with E-state index in [0.717, 1.165) is 31.4 Å². The lowest BCUT2D eigenvalue weighted by atomic mass is 9.88. The molecule has 0 unspecified atom stereocenters. The van der Waals surface area contributed by atoms with Crippen molar-refractivity contribution in [3.05, 3.63) is 35.4 Å². The van der Waals surface area contributed by atoms with Crippen molar-refractivity contribution in [2.24, 2.45) is 4.99 Å². The highest BCUT2D eigenvalue weighted by Gasteiger charge is 2.48. The van der Waals surface area contributed by atoms with E-state index in [-0.39, 0.29) is 18.2 Å². The normalized spacial score (nSPS) is 19.4. The molecule has 1 spiro atoms. The fraction of sp³-hybridized carbons (Fsp3) is 0.571. The van der Waals surface area contributed by atoms with Gasteiger partial charge in [-0.3, -0.25) is 14.6 Å². The van der Waals surface area contributed by atoms with Crippen LogP contribution in [0.15, 0.2) is 29.3 Å². The molecule has 1 aromatic carbocycles. The van der Waals surface area contributed by atoms with Gasteiger partial charge in [-0.2, -0.15) is 13.2 Å². The first-order valence-corrected chi connectivity index (χ1v) is 9.82. The summed E-state index contributed by atoms with van der Waals surface area (Å²) >= 11 is 0. The molecule has 2 aliphatic rings. The number of nitrogens with zero attached hydrogens (tertiary/aromatic N) is 2. The number of amides is 2. The van der Waals surface area contributed by atoms with Gasteiger partial charge >= 0.3 is 6.18 Å². The Morgan fingerprint density at radius 3 is 2.21 bits per heavy atom. The molecule has 0 radical (unpaired) electrons. The van der Waals surface area contributed by atoms with Crippen LogP contribution < -0.4 is 5.32 Å². The van der Waals surface area contributed by atoms with Gasteiger partial charge in [0.05, 0.1) is 5.56 Å². The number of aliphatic imine (C=N–C) groups is 1. The standard InChI is InChI=1S/C21H26F3N3O2/c1-19(2,3)25-16(28)13-27-18(29)17(26-20(27)11-5-4-6-12-20)14-7-9-15(10-8-14)21(22,23)24/h7-10H,4-6,11-13H2,1-3H3,(H,25,28). The van der Waals surface area contributed by atoms with Gasteiger partial charge in [-0.15, -0.1) is 0 Å². The van der Waals surface area contributed by atoms with E-state index in [1.54, 1.807) is 0 Å². The van der Waals surface area contributed by atoms with Gasteiger partial charge in [0.2, 0.25) is 5.91 Å². The molecule has 1 aliphatic carbocycles. The second kappa shape index (κ2) is 7.46. The third kappa shape index (κ3) is 4.62. The summed E-state index contributed by atoms with van der Waals surface area (Å²) in [4.78, 5) is 31.8. The summed E-state index contributed by atoms with van der Waals surface area (Å²) in [7, 11) is 0. The molecule has 1 aromatic rings. The van der Waals surface area contributed by atoms with E-state index in [2.05, 4.69) is 10.3 Å². The van der Waals surface area contributed by atoms with E-state index in [4.69, 9.17) is 0 Å². The van der Waals surface area contributed by atoms with Crippen LogP contribution in [0.5, 0.6) is 0 Å². The maximum absolute atomic E-state index is 13.2. The summed E-state index contributed by atoms with van der Waals surface area (Å²) in [6.07, 6.45) is -0.356. The number of nitrogens with one attached hydrogen (secondary N) is 1. The Kier molecular flexibility index (Phi) is 5.49. The van der Waals surface area contributed by atoms with E-state index >= 15 is 0 Å². The Bertz CT molecular complexity index is 817. The zero-order valence-corrected chi connectivity index (χ0v) is 16.9. The second-order valence-corrected chi connectivity index (χ2v) is 8.77. The van der Waals surface area contributed by atoms with Gasteiger partial charge in [-0.25, -0.2) is 0 Å². The largest absolute Gasteiger partial charge is 0.416 e. The SMILES string of the molecule is CC(C)(C)NC(=O)CN1C(=O)C(c2ccc(C(F)(F)F)cc2)=NC12CCCCC2. The molecular formula is C21H26F3N3O2. The van der Waals surface area contributed by atoms with Gasteiger partial charge < -0.3 is 10.2 Å². The molecular weight excluding hydrogens is 383 g/mol. The Morgan fingerprint density at radius 1 is 1.10 bits per heavy atom.